The summed E-state index contributed by atoms with van der Waals surface area (Å²) in [5.74, 6) is 20.0. The first-order valence-corrected chi connectivity index (χ1v) is 47.6. The van der Waals surface area contributed by atoms with Crippen LogP contribution in [0.1, 0.15) is 543 Å². The van der Waals surface area contributed by atoms with Crippen molar-refractivity contribution < 1.29 is 0 Å². The fourth-order valence-electron chi connectivity index (χ4n) is 8.27. The van der Waals surface area contributed by atoms with E-state index in [1.165, 1.54) is 135 Å². The Bertz CT molecular complexity index is 1360. The monoisotopic (exact) mass is 1520 g/mol. The third kappa shape index (κ3) is 196. The Morgan fingerprint density at radius 3 is 0.566 bits per heavy atom. The highest BCUT2D eigenvalue weighted by atomic mass is 14.2. The van der Waals surface area contributed by atoms with E-state index in [-0.39, 0.29) is 0 Å². The summed E-state index contributed by atoms with van der Waals surface area (Å²) in [4.78, 5) is 0. The molecule has 0 N–H and O–H groups in total. The van der Waals surface area contributed by atoms with Gasteiger partial charge >= 0.3 is 0 Å². The molecule has 0 radical (unpaired) electrons. The molecule has 0 aromatic heterocycles. The smallest absolute Gasteiger partial charge is 0.0334 e. The van der Waals surface area contributed by atoms with E-state index in [1.54, 1.807) is 0 Å². The van der Waals surface area contributed by atoms with Crippen LogP contribution in [0.25, 0.3) is 0 Å². The molecular weight excluding hydrogens is 1270 g/mol. The first-order chi connectivity index (χ1) is 47.6. The van der Waals surface area contributed by atoms with Crippen LogP contribution < -0.4 is 0 Å². The van der Waals surface area contributed by atoms with Crippen LogP contribution in [0.5, 0.6) is 0 Å². The number of hydrogen-bond donors (Lipinski definition) is 0. The van der Waals surface area contributed by atoms with Gasteiger partial charge < -0.3 is 0 Å². The van der Waals surface area contributed by atoms with Crippen molar-refractivity contribution in [3.63, 3.8) is 0 Å². The topological polar surface area (TPSA) is 0 Å². The zero-order valence-electron chi connectivity index (χ0n) is 88.6. The van der Waals surface area contributed by atoms with E-state index in [4.69, 9.17) is 0 Å². The molecule has 0 aliphatic carbocycles. The second-order valence-electron chi connectivity index (χ2n) is 43.7. The van der Waals surface area contributed by atoms with Gasteiger partial charge in [-0.25, -0.2) is 0 Å². The van der Waals surface area contributed by atoms with Gasteiger partial charge in [-0.15, -0.1) is 0 Å². The van der Waals surface area contributed by atoms with E-state index < -0.39 is 0 Å². The van der Waals surface area contributed by atoms with Gasteiger partial charge in [0.15, 0.2) is 0 Å². The van der Waals surface area contributed by atoms with Crippen LogP contribution in [0.3, 0.4) is 0 Å². The van der Waals surface area contributed by atoms with Gasteiger partial charge in [-0.1, -0.05) is 524 Å². The van der Waals surface area contributed by atoms with Crippen LogP contribution in [0.15, 0.2) is 0 Å². The number of hydrogen-bond acceptors (Lipinski definition) is 0. The molecular formula is C106H242. The molecule has 0 aromatic rings. The first kappa shape index (κ1) is 141. The van der Waals surface area contributed by atoms with Gasteiger partial charge in [0.1, 0.15) is 0 Å². The van der Waals surface area contributed by atoms with Crippen molar-refractivity contribution in [3.05, 3.63) is 0 Å². The average Bonchev–Trinajstić information content (AvgIpc) is 0.931. The van der Waals surface area contributed by atoms with E-state index in [1.807, 2.05) is 0 Å². The normalized spacial score (nSPS) is 12.0. The standard InChI is InChI=1S/7C8H18.5C7H16.C6H14.C5H12.C4H10/c1-7(2)6-8(3,4)5;1-7(2)5-6-8(3)4;1-6-8(4,5)7(2)3;1-6(2)8(5)7(3)4;1-5-8(4)6-7(2)3;1-5-6-8(4)7(2)3;1-4-5-6-7-8(2)3;1-6(2)7(3,4)5;1-6(2)5-7(3)4;1-5-7(4)6(2)3;2*1-4-5-6-7(2)3;1-5(2)6(3)4;1-4-5(2)3;1-4(2)3/h7H,6H2,1-5H3;7-8H,5-6H2,1-4H3;7H,6H2,1-5H3;6-8H,1-5H3;2*7-8H,5-6H2,1-4H3;8H,4-7H2,1-3H3;6H,1-5H3;2*6-7H,5H2,1-4H3;2*7H,4-6H2,1-3H3;5-6H,1-4H3;5H,4H2,1-3H3;4H,1-3H3. The van der Waals surface area contributed by atoms with Gasteiger partial charge in [0, 0.05) is 0 Å². The summed E-state index contributed by atoms with van der Waals surface area (Å²) in [5.41, 5.74) is 1.56. The maximum atomic E-state index is 2.33. The third-order valence-electron chi connectivity index (χ3n) is 20.6. The Labute approximate surface area is 691 Å². The Hall–Kier alpha value is 0. The fourth-order valence-corrected chi connectivity index (χ4v) is 8.27. The summed E-state index contributed by atoms with van der Waals surface area (Å²) in [7, 11) is 0. The largest absolute Gasteiger partial charge is 0.0654 e. The quantitative estimate of drug-likeness (QED) is 0.0629. The molecule has 0 aliphatic heterocycles. The molecule has 0 fully saturated rings. The van der Waals surface area contributed by atoms with Crippen LogP contribution in [-0.4, -0.2) is 0 Å². The van der Waals surface area contributed by atoms with Crippen molar-refractivity contribution in [1.82, 2.24) is 0 Å². The fraction of sp³-hybridized carbons (Fsp3) is 1.00. The Kier molecular flexibility index (Phi) is 130. The predicted molar refractivity (Wildman–Crippen MR) is 519 cm³/mol. The van der Waals surface area contributed by atoms with Crippen molar-refractivity contribution in [1.29, 1.82) is 0 Å². The molecule has 0 aliphatic rings. The first-order valence-electron chi connectivity index (χ1n) is 47.6. The van der Waals surface area contributed by atoms with Gasteiger partial charge in [-0.05, 0) is 172 Å². The van der Waals surface area contributed by atoms with Crippen molar-refractivity contribution in [2.24, 2.45) is 152 Å². The van der Waals surface area contributed by atoms with E-state index in [0.29, 0.717) is 16.2 Å². The molecule has 3 atom stereocenters. The summed E-state index contributed by atoms with van der Waals surface area (Å²) in [6.07, 6.45) is 28.7. The molecule has 0 saturated carbocycles. The molecule has 666 valence electrons. The zero-order valence-corrected chi connectivity index (χ0v) is 88.6. The van der Waals surface area contributed by atoms with Gasteiger partial charge in [0.25, 0.3) is 0 Å². The van der Waals surface area contributed by atoms with E-state index in [2.05, 4.69) is 409 Å². The lowest BCUT2D eigenvalue weighted by atomic mass is 9.79. The minimum absolute atomic E-state index is 0.500. The molecule has 0 saturated heterocycles. The molecule has 0 aromatic carbocycles. The maximum Gasteiger partial charge on any atom is -0.0334 e. The van der Waals surface area contributed by atoms with Crippen LogP contribution in [0.4, 0.5) is 0 Å². The lowest BCUT2D eigenvalue weighted by Crippen LogP contribution is -2.17. The van der Waals surface area contributed by atoms with Crippen LogP contribution >= 0.6 is 0 Å². The molecule has 0 bridgehead atoms. The molecule has 0 rings (SSSR count). The van der Waals surface area contributed by atoms with Gasteiger partial charge in [-0.3, -0.25) is 0 Å². The van der Waals surface area contributed by atoms with E-state index in [9.17, 15) is 0 Å². The predicted octanol–water partition coefficient (Wildman–Crippen LogP) is 41.3. The van der Waals surface area contributed by atoms with Crippen molar-refractivity contribution in [3.8, 4) is 0 Å². The summed E-state index contributed by atoms with van der Waals surface area (Å²) in [6.45, 7) is 134. The summed E-state index contributed by atoms with van der Waals surface area (Å²) in [5, 5.41) is 0. The maximum absolute atomic E-state index is 2.33. The Morgan fingerprint density at radius 1 is 0.226 bits per heavy atom. The van der Waals surface area contributed by atoms with Crippen molar-refractivity contribution in [2.75, 3.05) is 0 Å². The lowest BCUT2D eigenvalue weighted by molar-refractivity contribution is 0.240. The van der Waals surface area contributed by atoms with E-state index >= 15 is 0 Å². The third-order valence-corrected chi connectivity index (χ3v) is 20.6. The second-order valence-corrected chi connectivity index (χ2v) is 43.7. The molecule has 0 heteroatoms. The minimum atomic E-state index is 0.500. The highest BCUT2D eigenvalue weighted by Crippen LogP contribution is 2.29. The minimum Gasteiger partial charge on any atom is -0.0654 e. The van der Waals surface area contributed by atoms with Crippen molar-refractivity contribution >= 4 is 0 Å². The highest BCUT2D eigenvalue weighted by Gasteiger charge is 2.19. The molecule has 0 amide bonds. The lowest BCUT2D eigenvalue weighted by Gasteiger charge is -2.27. The summed E-state index contributed by atoms with van der Waals surface area (Å²) < 4.78 is 0. The van der Waals surface area contributed by atoms with Crippen LogP contribution in [-0.2, 0) is 0 Å². The molecule has 0 nitrogen and oxygen atoms in total. The van der Waals surface area contributed by atoms with Gasteiger partial charge in [-0.2, -0.15) is 0 Å². The van der Waals surface area contributed by atoms with Crippen LogP contribution in [0, 0.1) is 152 Å². The Morgan fingerprint density at radius 2 is 0.500 bits per heavy atom. The van der Waals surface area contributed by atoms with Crippen LogP contribution in [0.2, 0.25) is 0 Å². The number of rotatable bonds is 30. The van der Waals surface area contributed by atoms with E-state index in [0.717, 1.165) is 136 Å². The summed E-state index contributed by atoms with van der Waals surface area (Å²) in [6, 6.07) is 0. The van der Waals surface area contributed by atoms with Gasteiger partial charge in [0.2, 0.25) is 0 Å². The Balaban J connectivity index is -0.0000000645. The van der Waals surface area contributed by atoms with Gasteiger partial charge in [0.05, 0.1) is 0 Å². The van der Waals surface area contributed by atoms with Crippen molar-refractivity contribution in [2.45, 2.75) is 543 Å². The molecule has 0 spiro atoms. The zero-order chi connectivity index (χ0) is 88.6. The SMILES string of the molecule is CC(C)C.CC(C)C(C)(C)C.CC(C)C(C)C.CC(C)C(C)C(C)C.CC(C)CC(C)(C)C.CC(C)CC(C)C.CC(C)CCC(C)C.CCC(C)(C)C(C)C.CCC(C)C.CCC(C)C(C)C.CCC(C)CC(C)C.CCCC(C)C(C)C.CCCCC(C)C.CCCCC(C)C.CCCCCC(C)C. The average molecular weight is 1520 g/mol. The highest BCUT2D eigenvalue weighted by molar-refractivity contribution is 4.69. The second kappa shape index (κ2) is 97.4. The summed E-state index contributed by atoms with van der Waals surface area (Å²) >= 11 is 0. The molecule has 3 unspecified atom stereocenters. The number of unbranched alkanes of at least 4 members (excludes halogenated alkanes) is 4. The molecule has 106 heavy (non-hydrogen) atoms. The molecule has 0 heterocycles.